The Hall–Kier alpha value is -1.36. The molecule has 0 unspecified atom stereocenters. The molecular weight excluding hydrogens is 282 g/mol. The summed E-state index contributed by atoms with van der Waals surface area (Å²) >= 11 is 0. The number of nitrogens with zero attached hydrogens (tertiary/aromatic N) is 1. The Morgan fingerprint density at radius 3 is 2.74 bits per heavy atom. The quantitative estimate of drug-likeness (QED) is 0.602. The second-order valence-corrected chi connectivity index (χ2v) is 8.94. The van der Waals surface area contributed by atoms with Crippen LogP contribution in [0.1, 0.15) is 58.8 Å². The summed E-state index contributed by atoms with van der Waals surface area (Å²) < 4.78 is 0. The van der Waals surface area contributed by atoms with Crippen molar-refractivity contribution < 1.29 is 4.79 Å². The monoisotopic (exact) mass is 309 g/mol. The lowest BCUT2D eigenvalue weighted by atomic mass is 9.47. The number of allylic oxidation sites excluding steroid dienone is 2. The topological polar surface area (TPSA) is 40.9 Å². The van der Waals surface area contributed by atoms with Gasteiger partial charge in [-0.1, -0.05) is 31.6 Å². The summed E-state index contributed by atoms with van der Waals surface area (Å²) in [6, 6.07) is 2.56. The minimum Gasteiger partial charge on any atom is -0.295 e. The van der Waals surface area contributed by atoms with Crippen molar-refractivity contribution in [2.24, 2.45) is 34.5 Å². The minimum atomic E-state index is 0.0473. The molecule has 4 rings (SSSR count). The Morgan fingerprint density at radius 1 is 1.22 bits per heavy atom. The Balaban J connectivity index is 1.71. The lowest BCUT2D eigenvalue weighted by Gasteiger charge is -2.57. The molecule has 6 atom stereocenters. The Labute approximate surface area is 139 Å². The summed E-state index contributed by atoms with van der Waals surface area (Å²) in [5.74, 6) is 2.40. The SMILES string of the molecule is C=C1C[C@H]2[C@@H]3CCC4=CC(=O)CC[C@]4(C)[C@H]3CC[C@]2(C)[C@H]1C#N. The van der Waals surface area contributed by atoms with Crippen LogP contribution >= 0.6 is 0 Å². The van der Waals surface area contributed by atoms with E-state index in [1.807, 2.05) is 6.08 Å². The number of ketones is 1. The van der Waals surface area contributed by atoms with Gasteiger partial charge in [-0.3, -0.25) is 4.79 Å². The number of hydrogen-bond acceptors (Lipinski definition) is 2. The molecule has 3 fully saturated rings. The first-order chi connectivity index (χ1) is 10.9. The third kappa shape index (κ3) is 1.89. The summed E-state index contributed by atoms with van der Waals surface area (Å²) in [5.41, 5.74) is 2.96. The Kier molecular flexibility index (Phi) is 3.18. The summed E-state index contributed by atoms with van der Waals surface area (Å²) in [6.45, 7) is 9.00. The molecule has 0 aromatic heterocycles. The third-order valence-electron chi connectivity index (χ3n) is 8.08. The van der Waals surface area contributed by atoms with Crippen LogP contribution in [0.15, 0.2) is 23.8 Å². The zero-order valence-corrected chi connectivity index (χ0v) is 14.4. The summed E-state index contributed by atoms with van der Waals surface area (Å²) in [4.78, 5) is 11.9. The van der Waals surface area contributed by atoms with Crippen molar-refractivity contribution >= 4 is 5.78 Å². The molecule has 3 saturated carbocycles. The van der Waals surface area contributed by atoms with Crippen LogP contribution in [0.25, 0.3) is 0 Å². The van der Waals surface area contributed by atoms with Crippen LogP contribution in [0, 0.1) is 45.8 Å². The molecule has 0 bridgehead atoms. The zero-order chi connectivity index (χ0) is 16.4. The van der Waals surface area contributed by atoms with Gasteiger partial charge in [0.05, 0.1) is 12.0 Å². The summed E-state index contributed by atoms with van der Waals surface area (Å²) in [6.07, 6.45) is 9.41. The van der Waals surface area contributed by atoms with Crippen LogP contribution in [0.2, 0.25) is 0 Å². The average molecular weight is 309 g/mol. The van der Waals surface area contributed by atoms with E-state index in [1.165, 1.54) is 24.0 Å². The molecule has 0 aliphatic heterocycles. The normalized spacial score (nSPS) is 48.8. The van der Waals surface area contributed by atoms with Gasteiger partial charge in [-0.15, -0.1) is 0 Å². The highest BCUT2D eigenvalue weighted by atomic mass is 16.1. The molecule has 0 amide bonds. The molecule has 23 heavy (non-hydrogen) atoms. The Morgan fingerprint density at radius 2 is 2.00 bits per heavy atom. The molecule has 2 heteroatoms. The smallest absolute Gasteiger partial charge is 0.155 e. The number of fused-ring (bicyclic) bond motifs is 5. The van der Waals surface area contributed by atoms with Crippen LogP contribution in [0.5, 0.6) is 0 Å². The Bertz CT molecular complexity index is 653. The standard InChI is InChI=1S/C21H27NO/c1-13-10-18-16-5-4-14-11-15(23)6-8-20(14,2)17(16)7-9-21(18,3)19(13)12-22/h11,16-19H,1,4-10H2,2-3H3/t16-,17+,18+,19+,20+,21+/m1/s1. The maximum atomic E-state index is 11.9. The fourth-order valence-electron chi connectivity index (χ4n) is 6.76. The van der Waals surface area contributed by atoms with Gasteiger partial charge in [0, 0.05) is 6.42 Å². The van der Waals surface area contributed by atoms with Gasteiger partial charge < -0.3 is 0 Å². The molecule has 4 aliphatic rings. The second kappa shape index (κ2) is 4.82. The summed E-state index contributed by atoms with van der Waals surface area (Å²) in [7, 11) is 0. The van der Waals surface area contributed by atoms with Crippen molar-refractivity contribution in [2.45, 2.75) is 58.8 Å². The highest BCUT2D eigenvalue weighted by Gasteiger charge is 2.59. The van der Waals surface area contributed by atoms with E-state index in [9.17, 15) is 10.1 Å². The number of rotatable bonds is 0. The molecule has 0 aromatic carbocycles. The first kappa shape index (κ1) is 15.2. The van der Waals surface area contributed by atoms with Crippen molar-refractivity contribution in [1.29, 1.82) is 5.26 Å². The van der Waals surface area contributed by atoms with E-state index < -0.39 is 0 Å². The molecular formula is C21H27NO. The van der Waals surface area contributed by atoms with Crippen LogP contribution in [-0.4, -0.2) is 5.78 Å². The van der Waals surface area contributed by atoms with Crippen LogP contribution in [0.4, 0.5) is 0 Å². The van der Waals surface area contributed by atoms with Crippen LogP contribution in [0.3, 0.4) is 0 Å². The minimum absolute atomic E-state index is 0.0473. The first-order valence-electron chi connectivity index (χ1n) is 9.21. The van der Waals surface area contributed by atoms with Crippen LogP contribution < -0.4 is 0 Å². The molecule has 0 aromatic rings. The number of carbonyl (C=O) groups excluding carboxylic acids is 1. The number of nitriles is 1. The van der Waals surface area contributed by atoms with Gasteiger partial charge in [-0.05, 0) is 73.2 Å². The first-order valence-corrected chi connectivity index (χ1v) is 9.21. The predicted octanol–water partition coefficient (Wildman–Crippen LogP) is 4.82. The number of carbonyl (C=O) groups is 1. The van der Waals surface area contributed by atoms with E-state index >= 15 is 0 Å². The maximum Gasteiger partial charge on any atom is 0.155 e. The molecule has 0 heterocycles. The largest absolute Gasteiger partial charge is 0.295 e. The van der Waals surface area contributed by atoms with Crippen molar-refractivity contribution in [3.63, 3.8) is 0 Å². The van der Waals surface area contributed by atoms with Crippen molar-refractivity contribution in [3.05, 3.63) is 23.8 Å². The molecule has 2 nitrogen and oxygen atoms in total. The van der Waals surface area contributed by atoms with E-state index in [1.54, 1.807) is 0 Å². The zero-order valence-electron chi connectivity index (χ0n) is 14.4. The van der Waals surface area contributed by atoms with Gasteiger partial charge in [-0.25, -0.2) is 0 Å². The van der Waals surface area contributed by atoms with Gasteiger partial charge in [-0.2, -0.15) is 5.26 Å². The second-order valence-electron chi connectivity index (χ2n) is 8.94. The van der Waals surface area contributed by atoms with Gasteiger partial charge in [0.1, 0.15) is 0 Å². The van der Waals surface area contributed by atoms with E-state index in [4.69, 9.17) is 0 Å². The van der Waals surface area contributed by atoms with Crippen molar-refractivity contribution in [1.82, 2.24) is 0 Å². The molecule has 122 valence electrons. The summed E-state index contributed by atoms with van der Waals surface area (Å²) in [5, 5.41) is 9.65. The molecule has 0 radical (unpaired) electrons. The van der Waals surface area contributed by atoms with E-state index in [0.717, 1.165) is 32.1 Å². The van der Waals surface area contributed by atoms with Gasteiger partial charge in [0.15, 0.2) is 5.78 Å². The van der Waals surface area contributed by atoms with Gasteiger partial charge >= 0.3 is 0 Å². The average Bonchev–Trinajstić information content (AvgIpc) is 2.77. The lowest BCUT2D eigenvalue weighted by Crippen LogP contribution is -2.50. The van der Waals surface area contributed by atoms with E-state index in [-0.39, 0.29) is 16.7 Å². The van der Waals surface area contributed by atoms with Crippen LogP contribution in [-0.2, 0) is 4.79 Å². The molecule has 0 spiro atoms. The fraction of sp³-hybridized carbons (Fsp3) is 0.714. The molecule has 0 N–H and O–H groups in total. The molecule has 4 aliphatic carbocycles. The van der Waals surface area contributed by atoms with Crippen molar-refractivity contribution in [2.75, 3.05) is 0 Å². The van der Waals surface area contributed by atoms with E-state index in [2.05, 4.69) is 26.5 Å². The fourth-order valence-corrected chi connectivity index (χ4v) is 6.76. The highest BCUT2D eigenvalue weighted by Crippen LogP contribution is 2.67. The predicted molar refractivity (Wildman–Crippen MR) is 90.3 cm³/mol. The van der Waals surface area contributed by atoms with E-state index in [0.29, 0.717) is 23.5 Å². The van der Waals surface area contributed by atoms with Gasteiger partial charge in [0.2, 0.25) is 0 Å². The third-order valence-corrected chi connectivity index (χ3v) is 8.08. The highest BCUT2D eigenvalue weighted by molar-refractivity contribution is 5.91. The molecule has 0 saturated heterocycles. The van der Waals surface area contributed by atoms with Gasteiger partial charge in [0.25, 0.3) is 0 Å². The lowest BCUT2D eigenvalue weighted by molar-refractivity contribution is -0.117. The van der Waals surface area contributed by atoms with Crippen molar-refractivity contribution in [3.8, 4) is 6.07 Å². The maximum absolute atomic E-state index is 11.9. The number of hydrogen-bond donors (Lipinski definition) is 0.